The summed E-state index contributed by atoms with van der Waals surface area (Å²) in [7, 11) is 1.88. The molecule has 0 saturated carbocycles. The summed E-state index contributed by atoms with van der Waals surface area (Å²) in [4.78, 5) is 13.0. The molecule has 0 unspecified atom stereocenters. The first-order chi connectivity index (χ1) is 14.0. The largest absolute Gasteiger partial charge is 0.386 e. The van der Waals surface area contributed by atoms with Crippen molar-refractivity contribution >= 4 is 63.0 Å². The molecule has 7 heteroatoms. The highest BCUT2D eigenvalue weighted by Crippen LogP contribution is 2.30. The topological polar surface area (TPSA) is 73.7 Å². The number of aliphatic hydroxyl groups is 1. The van der Waals surface area contributed by atoms with Gasteiger partial charge in [0.1, 0.15) is 0 Å². The standard InChI is InChI=1S/C22H19I2N3O2/c1-25-20-18(23)12-15(13-19(20)24)14-26-27-21(28)22(29,16-8-4-2-5-9-16)17-10-6-3-7-11-17/h2-14,25,29H,1H3,(H,27,28)/b26-14+. The van der Waals surface area contributed by atoms with E-state index in [4.69, 9.17) is 0 Å². The lowest BCUT2D eigenvalue weighted by Crippen LogP contribution is -2.43. The zero-order valence-corrected chi connectivity index (χ0v) is 19.9. The number of carbonyl (C=O) groups is 1. The Kier molecular flexibility index (Phi) is 7.25. The van der Waals surface area contributed by atoms with Crippen molar-refractivity contribution in [2.45, 2.75) is 5.60 Å². The summed E-state index contributed by atoms with van der Waals surface area (Å²) in [6.07, 6.45) is 1.57. The fourth-order valence-electron chi connectivity index (χ4n) is 2.94. The van der Waals surface area contributed by atoms with Crippen LogP contribution in [0.15, 0.2) is 77.9 Å². The number of hydrogen-bond donors (Lipinski definition) is 3. The van der Waals surface area contributed by atoms with Crippen molar-refractivity contribution in [3.05, 3.63) is 96.6 Å². The average molecular weight is 611 g/mol. The van der Waals surface area contributed by atoms with Gasteiger partial charge in [0.2, 0.25) is 0 Å². The lowest BCUT2D eigenvalue weighted by atomic mass is 9.85. The van der Waals surface area contributed by atoms with Gasteiger partial charge in [-0.15, -0.1) is 0 Å². The van der Waals surface area contributed by atoms with Gasteiger partial charge in [0.25, 0.3) is 5.91 Å². The Labute approximate surface area is 196 Å². The molecule has 5 nitrogen and oxygen atoms in total. The first-order valence-electron chi connectivity index (χ1n) is 8.80. The van der Waals surface area contributed by atoms with Crippen molar-refractivity contribution < 1.29 is 9.90 Å². The van der Waals surface area contributed by atoms with Crippen molar-refractivity contribution in [1.82, 2.24) is 5.43 Å². The summed E-state index contributed by atoms with van der Waals surface area (Å²) in [5.74, 6) is -0.623. The molecule has 0 saturated heterocycles. The Balaban J connectivity index is 1.88. The van der Waals surface area contributed by atoms with Crippen molar-refractivity contribution in [3.63, 3.8) is 0 Å². The fourth-order valence-corrected chi connectivity index (χ4v) is 5.30. The van der Waals surface area contributed by atoms with Crippen molar-refractivity contribution in [2.24, 2.45) is 5.10 Å². The summed E-state index contributed by atoms with van der Waals surface area (Å²) in [6, 6.07) is 21.6. The second kappa shape index (κ2) is 9.68. The van der Waals surface area contributed by atoms with Gasteiger partial charge in [-0.3, -0.25) is 4.79 Å². The van der Waals surface area contributed by atoms with Crippen LogP contribution in [0.25, 0.3) is 0 Å². The van der Waals surface area contributed by atoms with E-state index in [1.807, 2.05) is 31.3 Å². The molecule has 148 valence electrons. The Morgan fingerprint density at radius 2 is 1.45 bits per heavy atom. The second-order valence-corrected chi connectivity index (χ2v) is 8.58. The summed E-state index contributed by atoms with van der Waals surface area (Å²) in [6.45, 7) is 0. The van der Waals surface area contributed by atoms with Gasteiger partial charge in [0.05, 0.1) is 11.9 Å². The highest BCUT2D eigenvalue weighted by atomic mass is 127. The van der Waals surface area contributed by atoms with E-state index in [1.54, 1.807) is 54.7 Å². The summed E-state index contributed by atoms with van der Waals surface area (Å²) >= 11 is 4.50. The number of nitrogens with one attached hydrogen (secondary N) is 2. The quantitative estimate of drug-likeness (QED) is 0.221. The van der Waals surface area contributed by atoms with Crippen LogP contribution in [-0.4, -0.2) is 24.3 Å². The van der Waals surface area contributed by atoms with Gasteiger partial charge in [0, 0.05) is 14.2 Å². The molecule has 0 heterocycles. The lowest BCUT2D eigenvalue weighted by molar-refractivity contribution is -0.136. The molecule has 0 fully saturated rings. The molecule has 0 atom stereocenters. The Hall–Kier alpha value is -1.98. The van der Waals surface area contributed by atoms with Crippen LogP contribution in [0.5, 0.6) is 0 Å². The van der Waals surface area contributed by atoms with E-state index in [-0.39, 0.29) is 0 Å². The second-order valence-electron chi connectivity index (χ2n) is 6.25. The predicted molar refractivity (Wildman–Crippen MR) is 133 cm³/mol. The fraction of sp³-hybridized carbons (Fsp3) is 0.0909. The predicted octanol–water partition coefficient (Wildman–Crippen LogP) is 4.32. The van der Waals surface area contributed by atoms with E-state index in [2.05, 4.69) is 61.0 Å². The third kappa shape index (κ3) is 4.78. The van der Waals surface area contributed by atoms with E-state index < -0.39 is 11.5 Å². The molecule has 29 heavy (non-hydrogen) atoms. The van der Waals surface area contributed by atoms with Crippen LogP contribution in [0.4, 0.5) is 5.69 Å². The van der Waals surface area contributed by atoms with Crippen LogP contribution in [-0.2, 0) is 10.4 Å². The maximum atomic E-state index is 13.0. The summed E-state index contributed by atoms with van der Waals surface area (Å²) in [5, 5.41) is 18.6. The van der Waals surface area contributed by atoms with Crippen LogP contribution in [0.2, 0.25) is 0 Å². The van der Waals surface area contributed by atoms with E-state index in [0.29, 0.717) is 11.1 Å². The number of nitrogens with zero attached hydrogens (tertiary/aromatic N) is 1. The smallest absolute Gasteiger partial charge is 0.281 e. The molecule has 0 aliphatic rings. The number of hydrazone groups is 1. The Morgan fingerprint density at radius 3 is 1.90 bits per heavy atom. The van der Waals surface area contributed by atoms with Crippen LogP contribution >= 0.6 is 45.2 Å². The normalized spacial score (nSPS) is 11.4. The number of benzene rings is 3. The zero-order chi connectivity index (χ0) is 20.9. The van der Waals surface area contributed by atoms with Crippen LogP contribution in [0.1, 0.15) is 16.7 Å². The van der Waals surface area contributed by atoms with Gasteiger partial charge in [-0.1, -0.05) is 60.7 Å². The highest BCUT2D eigenvalue weighted by molar-refractivity contribution is 14.1. The molecule has 3 aromatic rings. The molecule has 0 aliphatic heterocycles. The average Bonchev–Trinajstić information content (AvgIpc) is 2.74. The SMILES string of the molecule is CNc1c(I)cc(/C=N/NC(=O)C(O)(c2ccccc2)c2ccccc2)cc1I. The van der Waals surface area contributed by atoms with Crippen LogP contribution in [0, 0.1) is 7.14 Å². The number of hydrogen-bond acceptors (Lipinski definition) is 4. The third-order valence-corrected chi connectivity index (χ3v) is 6.11. The summed E-state index contributed by atoms with van der Waals surface area (Å²) < 4.78 is 2.10. The number of amides is 1. The highest BCUT2D eigenvalue weighted by Gasteiger charge is 2.39. The number of carbonyl (C=O) groups excluding carboxylic acids is 1. The van der Waals surface area contributed by atoms with E-state index in [1.165, 1.54) is 0 Å². The van der Waals surface area contributed by atoms with Gasteiger partial charge in [-0.25, -0.2) is 5.43 Å². The molecule has 0 radical (unpaired) electrons. The van der Waals surface area contributed by atoms with Gasteiger partial charge in [-0.2, -0.15) is 5.10 Å². The number of halogens is 2. The van der Waals surface area contributed by atoms with Crippen LogP contribution < -0.4 is 10.7 Å². The lowest BCUT2D eigenvalue weighted by Gasteiger charge is -2.27. The molecule has 0 aromatic heterocycles. The maximum Gasteiger partial charge on any atom is 0.281 e. The first kappa shape index (κ1) is 21.7. The van der Waals surface area contributed by atoms with Gasteiger partial charge < -0.3 is 10.4 Å². The zero-order valence-electron chi connectivity index (χ0n) is 15.6. The van der Waals surface area contributed by atoms with Gasteiger partial charge in [-0.05, 0) is 74.0 Å². The molecular formula is C22H19I2N3O2. The molecular weight excluding hydrogens is 592 g/mol. The van der Waals surface area contributed by atoms with Gasteiger partial charge in [0.15, 0.2) is 5.60 Å². The Morgan fingerprint density at radius 1 is 0.966 bits per heavy atom. The molecule has 3 N–H and O–H groups in total. The van der Waals surface area contributed by atoms with Crippen molar-refractivity contribution in [1.29, 1.82) is 0 Å². The minimum absolute atomic E-state index is 0.473. The molecule has 0 spiro atoms. The number of rotatable bonds is 6. The maximum absolute atomic E-state index is 13.0. The van der Waals surface area contributed by atoms with Crippen LogP contribution in [0.3, 0.4) is 0 Å². The summed E-state index contributed by atoms with van der Waals surface area (Å²) in [5.41, 5.74) is 3.49. The minimum Gasteiger partial charge on any atom is -0.386 e. The molecule has 1 amide bonds. The third-order valence-electron chi connectivity index (χ3n) is 4.41. The molecule has 0 bridgehead atoms. The van der Waals surface area contributed by atoms with Gasteiger partial charge >= 0.3 is 0 Å². The van der Waals surface area contributed by atoms with Crippen molar-refractivity contribution in [3.8, 4) is 0 Å². The van der Waals surface area contributed by atoms with E-state index in [0.717, 1.165) is 18.4 Å². The van der Waals surface area contributed by atoms with E-state index >= 15 is 0 Å². The van der Waals surface area contributed by atoms with Crippen molar-refractivity contribution in [2.75, 3.05) is 12.4 Å². The minimum atomic E-state index is -1.85. The molecule has 3 rings (SSSR count). The Bertz CT molecular complexity index is 962. The first-order valence-corrected chi connectivity index (χ1v) is 11.0. The van der Waals surface area contributed by atoms with E-state index in [9.17, 15) is 9.90 Å². The molecule has 3 aromatic carbocycles. The number of anilines is 1. The molecule has 0 aliphatic carbocycles. The monoisotopic (exact) mass is 611 g/mol.